The number of hydrogen-bond acceptors (Lipinski definition) is 2. The van der Waals surface area contributed by atoms with E-state index in [0.29, 0.717) is 5.75 Å². The summed E-state index contributed by atoms with van der Waals surface area (Å²) in [5.41, 5.74) is 3.57. The summed E-state index contributed by atoms with van der Waals surface area (Å²) in [6, 6.07) is 15.8. The van der Waals surface area contributed by atoms with E-state index in [4.69, 9.17) is 0 Å². The first-order valence-electron chi connectivity index (χ1n) is 10.9. The van der Waals surface area contributed by atoms with Crippen LogP contribution in [0.4, 0.5) is 11.4 Å². The van der Waals surface area contributed by atoms with Crippen LogP contribution in [0.25, 0.3) is 0 Å². The van der Waals surface area contributed by atoms with Crippen LogP contribution in [-0.4, -0.2) is 5.11 Å². The highest BCUT2D eigenvalue weighted by atomic mass is 16.3. The van der Waals surface area contributed by atoms with Crippen LogP contribution in [0.3, 0.4) is 0 Å². The van der Waals surface area contributed by atoms with Gasteiger partial charge in [0.15, 0.2) is 0 Å². The Morgan fingerprint density at radius 2 is 1.22 bits per heavy atom. The third-order valence-corrected chi connectivity index (χ3v) is 5.21. The second kappa shape index (κ2) is 13.2. The van der Waals surface area contributed by atoms with E-state index in [-0.39, 0.29) is 0 Å². The average Bonchev–Trinajstić information content (AvgIpc) is 2.69. The van der Waals surface area contributed by atoms with Crippen LogP contribution in [0.5, 0.6) is 5.75 Å². The average molecular weight is 368 g/mol. The molecule has 0 spiro atoms. The standard InChI is InChI=1S/C25H37NO/c1-2-3-4-5-6-7-8-9-10-11-12-15-22-16-13-14-17-25(22)26-23-18-20-24(27)21-19-23/h13-14,16-21,26-27H,2-12,15H2,1H3. The molecule has 0 bridgehead atoms. The van der Waals surface area contributed by atoms with Crippen LogP contribution in [0.2, 0.25) is 0 Å². The molecule has 0 atom stereocenters. The lowest BCUT2D eigenvalue weighted by atomic mass is 10.0. The zero-order valence-corrected chi connectivity index (χ0v) is 17.1. The van der Waals surface area contributed by atoms with E-state index in [2.05, 4.69) is 36.5 Å². The maximum absolute atomic E-state index is 9.42. The molecule has 2 rings (SSSR count). The smallest absolute Gasteiger partial charge is 0.115 e. The fourth-order valence-corrected chi connectivity index (χ4v) is 3.54. The second-order valence-corrected chi connectivity index (χ2v) is 7.61. The minimum absolute atomic E-state index is 0.301. The topological polar surface area (TPSA) is 32.3 Å². The van der Waals surface area contributed by atoms with Crippen molar-refractivity contribution in [3.05, 3.63) is 54.1 Å². The van der Waals surface area contributed by atoms with Gasteiger partial charge >= 0.3 is 0 Å². The van der Waals surface area contributed by atoms with Crippen molar-refractivity contribution in [2.45, 2.75) is 84.0 Å². The molecule has 0 saturated carbocycles. The van der Waals surface area contributed by atoms with Gasteiger partial charge < -0.3 is 10.4 Å². The second-order valence-electron chi connectivity index (χ2n) is 7.61. The first kappa shape index (κ1) is 21.3. The molecule has 2 nitrogen and oxygen atoms in total. The number of nitrogens with one attached hydrogen (secondary N) is 1. The molecule has 2 N–H and O–H groups in total. The first-order valence-corrected chi connectivity index (χ1v) is 10.9. The highest BCUT2D eigenvalue weighted by molar-refractivity contribution is 5.63. The van der Waals surface area contributed by atoms with Gasteiger partial charge in [-0.25, -0.2) is 0 Å². The number of aryl methyl sites for hydroxylation is 1. The lowest BCUT2D eigenvalue weighted by Gasteiger charge is -2.12. The van der Waals surface area contributed by atoms with Gasteiger partial charge in [-0.05, 0) is 48.7 Å². The molecule has 0 fully saturated rings. The summed E-state index contributed by atoms with van der Waals surface area (Å²) in [4.78, 5) is 0. The van der Waals surface area contributed by atoms with Crippen LogP contribution in [0.1, 0.15) is 83.1 Å². The van der Waals surface area contributed by atoms with E-state index < -0.39 is 0 Å². The van der Waals surface area contributed by atoms with E-state index in [1.54, 1.807) is 12.1 Å². The number of phenolic OH excluding ortho intramolecular Hbond substituents is 1. The Morgan fingerprint density at radius 1 is 0.667 bits per heavy atom. The van der Waals surface area contributed by atoms with Gasteiger partial charge in [-0.3, -0.25) is 0 Å². The van der Waals surface area contributed by atoms with Crippen molar-refractivity contribution in [3.63, 3.8) is 0 Å². The molecule has 2 aromatic rings. The van der Waals surface area contributed by atoms with Crippen LogP contribution < -0.4 is 5.32 Å². The molecular formula is C25H37NO. The van der Waals surface area contributed by atoms with Crippen LogP contribution in [0.15, 0.2) is 48.5 Å². The quantitative estimate of drug-likeness (QED) is 0.262. The molecule has 2 heteroatoms. The third kappa shape index (κ3) is 8.99. The largest absolute Gasteiger partial charge is 0.508 e. The van der Waals surface area contributed by atoms with Crippen LogP contribution in [0, 0.1) is 0 Å². The molecule has 0 amide bonds. The van der Waals surface area contributed by atoms with Gasteiger partial charge in [0, 0.05) is 11.4 Å². The maximum atomic E-state index is 9.42. The predicted octanol–water partition coefficient (Wildman–Crippen LogP) is 7.99. The van der Waals surface area contributed by atoms with Crippen molar-refractivity contribution in [3.8, 4) is 5.75 Å². The van der Waals surface area contributed by atoms with Gasteiger partial charge in [-0.15, -0.1) is 0 Å². The van der Waals surface area contributed by atoms with Gasteiger partial charge in [-0.2, -0.15) is 0 Å². The molecule has 0 aliphatic rings. The van der Waals surface area contributed by atoms with E-state index in [9.17, 15) is 5.11 Å². The highest BCUT2D eigenvalue weighted by Gasteiger charge is 2.03. The Bertz CT molecular complexity index is 620. The van der Waals surface area contributed by atoms with Gasteiger partial charge in [0.1, 0.15) is 5.75 Å². The Kier molecular flexibility index (Phi) is 10.5. The predicted molar refractivity (Wildman–Crippen MR) is 118 cm³/mol. The number of benzene rings is 2. The number of unbranched alkanes of at least 4 members (excludes halogenated alkanes) is 10. The Balaban J connectivity index is 1.61. The van der Waals surface area contributed by atoms with Crippen molar-refractivity contribution in [1.29, 1.82) is 0 Å². The van der Waals surface area contributed by atoms with Crippen molar-refractivity contribution in [1.82, 2.24) is 0 Å². The molecule has 0 aliphatic carbocycles. The lowest BCUT2D eigenvalue weighted by Crippen LogP contribution is -1.96. The summed E-state index contributed by atoms with van der Waals surface area (Å²) in [5.74, 6) is 0.301. The minimum atomic E-state index is 0.301. The molecule has 2 aromatic carbocycles. The fourth-order valence-electron chi connectivity index (χ4n) is 3.54. The number of para-hydroxylation sites is 1. The molecule has 27 heavy (non-hydrogen) atoms. The Labute approximate surface area is 166 Å². The van der Waals surface area contributed by atoms with E-state index in [1.165, 1.54) is 81.9 Å². The van der Waals surface area contributed by atoms with Gasteiger partial charge in [0.05, 0.1) is 0 Å². The molecule has 0 unspecified atom stereocenters. The number of aromatic hydroxyl groups is 1. The summed E-state index contributed by atoms with van der Waals surface area (Å²) in [6.45, 7) is 2.28. The zero-order valence-electron chi connectivity index (χ0n) is 17.1. The molecule has 0 heterocycles. The minimum Gasteiger partial charge on any atom is -0.508 e. The van der Waals surface area contributed by atoms with Crippen molar-refractivity contribution in [2.75, 3.05) is 5.32 Å². The third-order valence-electron chi connectivity index (χ3n) is 5.21. The van der Waals surface area contributed by atoms with Crippen molar-refractivity contribution >= 4 is 11.4 Å². The highest BCUT2D eigenvalue weighted by Crippen LogP contribution is 2.24. The molecule has 0 aromatic heterocycles. The van der Waals surface area contributed by atoms with Gasteiger partial charge in [0.25, 0.3) is 0 Å². The monoisotopic (exact) mass is 367 g/mol. The normalized spacial score (nSPS) is 10.9. The first-order chi connectivity index (χ1) is 13.3. The van der Waals surface area contributed by atoms with E-state index in [0.717, 1.165) is 12.1 Å². The summed E-state index contributed by atoms with van der Waals surface area (Å²) in [6.07, 6.45) is 16.3. The number of anilines is 2. The van der Waals surface area contributed by atoms with Crippen molar-refractivity contribution < 1.29 is 5.11 Å². The number of phenols is 1. The summed E-state index contributed by atoms with van der Waals surface area (Å²) < 4.78 is 0. The number of hydrogen-bond donors (Lipinski definition) is 2. The lowest BCUT2D eigenvalue weighted by molar-refractivity contribution is 0.475. The number of rotatable bonds is 14. The molecule has 0 radical (unpaired) electrons. The molecule has 148 valence electrons. The summed E-state index contributed by atoms with van der Waals surface area (Å²) in [5, 5.41) is 12.9. The summed E-state index contributed by atoms with van der Waals surface area (Å²) >= 11 is 0. The molecule has 0 aliphatic heterocycles. The van der Waals surface area contributed by atoms with Crippen LogP contribution >= 0.6 is 0 Å². The summed E-state index contributed by atoms with van der Waals surface area (Å²) in [7, 11) is 0. The molecule has 0 saturated heterocycles. The van der Waals surface area contributed by atoms with E-state index in [1.807, 2.05) is 12.1 Å². The zero-order chi connectivity index (χ0) is 19.2. The molecular weight excluding hydrogens is 330 g/mol. The van der Waals surface area contributed by atoms with Gasteiger partial charge in [-0.1, -0.05) is 89.3 Å². The maximum Gasteiger partial charge on any atom is 0.115 e. The Hall–Kier alpha value is -1.96. The Morgan fingerprint density at radius 3 is 1.85 bits per heavy atom. The van der Waals surface area contributed by atoms with Gasteiger partial charge in [0.2, 0.25) is 0 Å². The van der Waals surface area contributed by atoms with Crippen molar-refractivity contribution in [2.24, 2.45) is 0 Å². The fraction of sp³-hybridized carbons (Fsp3) is 0.520. The van der Waals surface area contributed by atoms with E-state index >= 15 is 0 Å². The van der Waals surface area contributed by atoms with Crippen LogP contribution in [-0.2, 0) is 6.42 Å². The SMILES string of the molecule is CCCCCCCCCCCCCc1ccccc1Nc1ccc(O)cc1.